The van der Waals surface area contributed by atoms with Crippen molar-refractivity contribution in [1.82, 2.24) is 19.9 Å². The summed E-state index contributed by atoms with van der Waals surface area (Å²) in [7, 11) is 0. The van der Waals surface area contributed by atoms with Crippen LogP contribution in [0.25, 0.3) is 33.3 Å². The predicted molar refractivity (Wildman–Crippen MR) is 119 cm³/mol. The van der Waals surface area contributed by atoms with E-state index in [1.165, 1.54) is 5.56 Å². The van der Waals surface area contributed by atoms with E-state index in [1.54, 1.807) is 12.5 Å². The Balaban J connectivity index is 1.48. The Morgan fingerprint density at radius 1 is 0.833 bits per heavy atom. The third-order valence-corrected chi connectivity index (χ3v) is 5.49. The standard InChI is InChI=1S/C24H23N5O/c25-23-14-20(7-8-26-23)19-5-6-22-21(13-19)24(28-16-27-22)18-3-1-17(2-4-18)15-29-9-11-30-12-10-29/h1-8,13-14,16H,9-12,15H2,(H2,25,26). The largest absolute Gasteiger partial charge is 0.384 e. The van der Waals surface area contributed by atoms with Crippen molar-refractivity contribution in [1.29, 1.82) is 0 Å². The van der Waals surface area contributed by atoms with E-state index in [0.29, 0.717) is 5.82 Å². The topological polar surface area (TPSA) is 77.2 Å². The van der Waals surface area contributed by atoms with Crippen LogP contribution in [0.5, 0.6) is 0 Å². The number of benzene rings is 2. The first kappa shape index (κ1) is 18.7. The van der Waals surface area contributed by atoms with Gasteiger partial charge >= 0.3 is 0 Å². The van der Waals surface area contributed by atoms with Gasteiger partial charge in [0.25, 0.3) is 0 Å². The van der Waals surface area contributed by atoms with Crippen LogP contribution in [0, 0.1) is 0 Å². The lowest BCUT2D eigenvalue weighted by atomic mass is 10.00. The SMILES string of the molecule is Nc1cc(-c2ccc3ncnc(-c4ccc(CN5CCOCC5)cc4)c3c2)ccn1. The van der Waals surface area contributed by atoms with E-state index >= 15 is 0 Å². The monoisotopic (exact) mass is 397 g/mol. The molecule has 2 N–H and O–H groups in total. The highest BCUT2D eigenvalue weighted by atomic mass is 16.5. The molecule has 0 unspecified atom stereocenters. The molecule has 2 aromatic heterocycles. The molecule has 1 saturated heterocycles. The molecule has 0 spiro atoms. The molecule has 6 nitrogen and oxygen atoms in total. The average molecular weight is 397 g/mol. The molecule has 3 heterocycles. The smallest absolute Gasteiger partial charge is 0.123 e. The summed E-state index contributed by atoms with van der Waals surface area (Å²) < 4.78 is 5.44. The summed E-state index contributed by atoms with van der Waals surface area (Å²) >= 11 is 0. The molecule has 0 amide bonds. The second kappa shape index (κ2) is 8.18. The molecular weight excluding hydrogens is 374 g/mol. The highest BCUT2D eigenvalue weighted by molar-refractivity contribution is 5.95. The van der Waals surface area contributed by atoms with Crippen molar-refractivity contribution in [3.8, 4) is 22.4 Å². The van der Waals surface area contributed by atoms with E-state index in [1.807, 2.05) is 18.2 Å². The van der Waals surface area contributed by atoms with Gasteiger partial charge in [-0.05, 0) is 41.0 Å². The summed E-state index contributed by atoms with van der Waals surface area (Å²) in [6, 6.07) is 18.7. The fourth-order valence-corrected chi connectivity index (χ4v) is 3.88. The van der Waals surface area contributed by atoms with Crippen molar-refractivity contribution >= 4 is 16.7 Å². The Morgan fingerprint density at radius 3 is 2.40 bits per heavy atom. The number of hydrogen-bond acceptors (Lipinski definition) is 6. The summed E-state index contributed by atoms with van der Waals surface area (Å²) in [5, 5.41) is 1.02. The lowest BCUT2D eigenvalue weighted by molar-refractivity contribution is 0.0342. The minimum atomic E-state index is 0.507. The van der Waals surface area contributed by atoms with Gasteiger partial charge in [-0.2, -0.15) is 0 Å². The van der Waals surface area contributed by atoms with Gasteiger partial charge in [0.1, 0.15) is 12.1 Å². The number of fused-ring (bicyclic) bond motifs is 1. The maximum absolute atomic E-state index is 5.86. The lowest BCUT2D eigenvalue weighted by Crippen LogP contribution is -2.35. The molecule has 5 rings (SSSR count). The number of hydrogen-bond donors (Lipinski definition) is 1. The van der Waals surface area contributed by atoms with Crippen molar-refractivity contribution in [3.05, 3.63) is 72.7 Å². The van der Waals surface area contributed by atoms with E-state index in [9.17, 15) is 0 Å². The summed E-state index contributed by atoms with van der Waals surface area (Å²) in [5.41, 5.74) is 12.2. The van der Waals surface area contributed by atoms with Crippen molar-refractivity contribution in [2.75, 3.05) is 32.0 Å². The van der Waals surface area contributed by atoms with Gasteiger partial charge in [-0.25, -0.2) is 15.0 Å². The number of ether oxygens (including phenoxy) is 1. The van der Waals surface area contributed by atoms with Crippen LogP contribution >= 0.6 is 0 Å². The third kappa shape index (κ3) is 3.87. The van der Waals surface area contributed by atoms with Crippen molar-refractivity contribution in [2.24, 2.45) is 0 Å². The zero-order chi connectivity index (χ0) is 20.3. The van der Waals surface area contributed by atoms with Crippen LogP contribution in [0.2, 0.25) is 0 Å². The Kier molecular flexibility index (Phi) is 5.09. The van der Waals surface area contributed by atoms with E-state index < -0.39 is 0 Å². The predicted octanol–water partition coefficient (Wildman–Crippen LogP) is 3.77. The van der Waals surface area contributed by atoms with E-state index in [4.69, 9.17) is 10.5 Å². The van der Waals surface area contributed by atoms with Crippen molar-refractivity contribution in [3.63, 3.8) is 0 Å². The zero-order valence-corrected chi connectivity index (χ0v) is 16.7. The Bertz CT molecular complexity index is 1170. The number of anilines is 1. The lowest BCUT2D eigenvalue weighted by Gasteiger charge is -2.26. The number of nitrogens with two attached hydrogens (primary N) is 1. The number of nitrogen functional groups attached to an aromatic ring is 1. The van der Waals surface area contributed by atoms with Crippen LogP contribution < -0.4 is 5.73 Å². The Hall–Kier alpha value is -3.35. The second-order valence-electron chi connectivity index (χ2n) is 7.51. The fraction of sp³-hybridized carbons (Fsp3) is 0.208. The number of nitrogens with zero attached hydrogens (tertiary/aromatic N) is 4. The second-order valence-corrected chi connectivity index (χ2v) is 7.51. The van der Waals surface area contributed by atoms with Crippen LogP contribution in [0.3, 0.4) is 0 Å². The van der Waals surface area contributed by atoms with E-state index in [2.05, 4.69) is 56.3 Å². The molecule has 1 aliphatic rings. The minimum Gasteiger partial charge on any atom is -0.384 e. The number of morpholine rings is 1. The Labute approximate surface area is 175 Å². The molecule has 1 fully saturated rings. The molecule has 0 aliphatic carbocycles. The van der Waals surface area contributed by atoms with Crippen molar-refractivity contribution < 1.29 is 4.74 Å². The minimum absolute atomic E-state index is 0.507. The molecule has 2 aromatic carbocycles. The fourth-order valence-electron chi connectivity index (χ4n) is 3.88. The first-order valence-electron chi connectivity index (χ1n) is 10.1. The van der Waals surface area contributed by atoms with Gasteiger partial charge in [-0.15, -0.1) is 0 Å². The van der Waals surface area contributed by atoms with Gasteiger partial charge in [-0.1, -0.05) is 30.3 Å². The highest BCUT2D eigenvalue weighted by Gasteiger charge is 2.12. The summed E-state index contributed by atoms with van der Waals surface area (Å²) in [5.74, 6) is 0.507. The normalized spacial score (nSPS) is 14.8. The van der Waals surface area contributed by atoms with Gasteiger partial charge < -0.3 is 10.5 Å². The van der Waals surface area contributed by atoms with Gasteiger partial charge in [-0.3, -0.25) is 4.90 Å². The van der Waals surface area contributed by atoms with E-state index in [-0.39, 0.29) is 0 Å². The summed E-state index contributed by atoms with van der Waals surface area (Å²) in [4.78, 5) is 15.6. The van der Waals surface area contributed by atoms with Crippen LogP contribution in [0.4, 0.5) is 5.82 Å². The van der Waals surface area contributed by atoms with Crippen LogP contribution in [-0.4, -0.2) is 46.2 Å². The van der Waals surface area contributed by atoms with Gasteiger partial charge in [0, 0.05) is 36.8 Å². The summed E-state index contributed by atoms with van der Waals surface area (Å²) in [6.07, 6.45) is 3.36. The van der Waals surface area contributed by atoms with Crippen LogP contribution in [0.1, 0.15) is 5.56 Å². The van der Waals surface area contributed by atoms with E-state index in [0.717, 1.165) is 66.1 Å². The maximum atomic E-state index is 5.86. The molecule has 6 heteroatoms. The molecule has 4 aromatic rings. The van der Waals surface area contributed by atoms with Gasteiger partial charge in [0.05, 0.1) is 24.4 Å². The van der Waals surface area contributed by atoms with Crippen molar-refractivity contribution in [2.45, 2.75) is 6.54 Å². The zero-order valence-electron chi connectivity index (χ0n) is 16.7. The maximum Gasteiger partial charge on any atom is 0.123 e. The van der Waals surface area contributed by atoms with Gasteiger partial charge in [0.15, 0.2) is 0 Å². The number of pyridine rings is 1. The number of aromatic nitrogens is 3. The summed E-state index contributed by atoms with van der Waals surface area (Å²) in [6.45, 7) is 4.55. The average Bonchev–Trinajstić information content (AvgIpc) is 2.80. The third-order valence-electron chi connectivity index (χ3n) is 5.49. The molecule has 0 radical (unpaired) electrons. The molecule has 0 saturated carbocycles. The highest BCUT2D eigenvalue weighted by Crippen LogP contribution is 2.30. The molecule has 0 atom stereocenters. The first-order valence-corrected chi connectivity index (χ1v) is 10.1. The molecule has 0 bridgehead atoms. The van der Waals surface area contributed by atoms with Gasteiger partial charge in [0.2, 0.25) is 0 Å². The quantitative estimate of drug-likeness (QED) is 0.565. The molecule has 1 aliphatic heterocycles. The van der Waals surface area contributed by atoms with Crippen LogP contribution in [0.15, 0.2) is 67.1 Å². The number of rotatable bonds is 4. The molecular formula is C24H23N5O. The Morgan fingerprint density at radius 2 is 1.60 bits per heavy atom. The first-order chi connectivity index (χ1) is 14.8. The molecule has 150 valence electrons. The van der Waals surface area contributed by atoms with Crippen LogP contribution in [-0.2, 0) is 11.3 Å². The molecule has 30 heavy (non-hydrogen) atoms.